The molecule has 1 saturated heterocycles. The molecule has 25 heavy (non-hydrogen) atoms. The minimum Gasteiger partial charge on any atom is -0.508 e. The van der Waals surface area contributed by atoms with Crippen LogP contribution < -0.4 is 10.6 Å². The van der Waals surface area contributed by atoms with Gasteiger partial charge in [-0.15, -0.1) is 0 Å². The van der Waals surface area contributed by atoms with Crippen LogP contribution in [-0.2, 0) is 10.0 Å². The first-order chi connectivity index (χ1) is 11.8. The minimum atomic E-state index is -3.20. The summed E-state index contributed by atoms with van der Waals surface area (Å²) in [5.41, 5.74) is 8.12. The van der Waals surface area contributed by atoms with Gasteiger partial charge in [-0.25, -0.2) is 13.4 Å². The molecule has 0 bridgehead atoms. The van der Waals surface area contributed by atoms with Gasteiger partial charge in [-0.05, 0) is 24.6 Å². The minimum absolute atomic E-state index is 0.154. The van der Waals surface area contributed by atoms with Crippen molar-refractivity contribution < 1.29 is 13.5 Å². The Kier molecular flexibility index (Phi) is 4.53. The second-order valence-electron chi connectivity index (χ2n) is 6.07. The zero-order valence-corrected chi connectivity index (χ0v) is 15.0. The van der Waals surface area contributed by atoms with Gasteiger partial charge in [-0.1, -0.05) is 12.1 Å². The zero-order valence-electron chi connectivity index (χ0n) is 14.2. The third kappa shape index (κ3) is 3.67. The van der Waals surface area contributed by atoms with Gasteiger partial charge in [-0.3, -0.25) is 0 Å². The first-order valence-electron chi connectivity index (χ1n) is 7.89. The number of anilines is 2. The summed E-state index contributed by atoms with van der Waals surface area (Å²) in [6.45, 7) is 3.64. The van der Waals surface area contributed by atoms with E-state index in [4.69, 9.17) is 5.73 Å². The monoisotopic (exact) mass is 363 g/mol. The molecule has 0 spiro atoms. The molecule has 134 valence electrons. The highest BCUT2D eigenvalue weighted by Gasteiger charge is 2.26. The maximum absolute atomic E-state index is 11.7. The van der Waals surface area contributed by atoms with Crippen molar-refractivity contribution in [2.24, 2.45) is 0 Å². The molecule has 0 radical (unpaired) electrons. The molecule has 0 amide bonds. The largest absolute Gasteiger partial charge is 0.508 e. The highest BCUT2D eigenvalue weighted by Crippen LogP contribution is 2.34. The Hall–Kier alpha value is -2.39. The number of hydrogen-bond donors (Lipinski definition) is 2. The lowest BCUT2D eigenvalue weighted by atomic mass is 10.0. The quantitative estimate of drug-likeness (QED) is 0.830. The van der Waals surface area contributed by atoms with Gasteiger partial charge in [-0.2, -0.15) is 9.29 Å². The summed E-state index contributed by atoms with van der Waals surface area (Å²) >= 11 is 0. The molecule has 1 aliphatic rings. The van der Waals surface area contributed by atoms with Gasteiger partial charge in [0.15, 0.2) is 0 Å². The lowest BCUT2D eigenvalue weighted by molar-refractivity contribution is 0.387. The maximum atomic E-state index is 11.7. The van der Waals surface area contributed by atoms with E-state index in [1.54, 1.807) is 18.2 Å². The van der Waals surface area contributed by atoms with Crippen LogP contribution in [0.3, 0.4) is 0 Å². The van der Waals surface area contributed by atoms with Crippen LogP contribution in [0.1, 0.15) is 5.69 Å². The first kappa shape index (κ1) is 17.4. The van der Waals surface area contributed by atoms with Crippen molar-refractivity contribution in [3.05, 3.63) is 30.0 Å². The fourth-order valence-electron chi connectivity index (χ4n) is 3.04. The van der Waals surface area contributed by atoms with Crippen LogP contribution in [0.2, 0.25) is 0 Å². The smallest absolute Gasteiger partial charge is 0.222 e. The number of benzene rings is 1. The number of nitrogens with zero attached hydrogens (tertiary/aromatic N) is 4. The molecule has 1 aromatic heterocycles. The van der Waals surface area contributed by atoms with Crippen LogP contribution in [0.4, 0.5) is 11.8 Å². The molecule has 3 rings (SSSR count). The standard InChI is InChI=1S/C16H21N5O3S/c1-11-14(12-4-3-5-13(22)10-12)15(19-16(17)18-11)20-6-8-21(9-7-20)25(2,23)24/h3-5,10,22H,6-9H2,1-2H3,(H2,17,18,19). The number of hydrogen-bond acceptors (Lipinski definition) is 7. The number of nitrogen functional groups attached to an aromatic ring is 1. The van der Waals surface area contributed by atoms with Gasteiger partial charge in [0.2, 0.25) is 16.0 Å². The normalized spacial score (nSPS) is 16.2. The Bertz CT molecular complexity index is 893. The fraction of sp³-hybridized carbons (Fsp3) is 0.375. The Balaban J connectivity index is 2.00. The summed E-state index contributed by atoms with van der Waals surface area (Å²) in [5, 5.41) is 9.79. The van der Waals surface area contributed by atoms with Crippen LogP contribution in [0.25, 0.3) is 11.1 Å². The Morgan fingerprint density at radius 1 is 1.16 bits per heavy atom. The number of aryl methyl sites for hydroxylation is 1. The molecule has 3 N–H and O–H groups in total. The van der Waals surface area contributed by atoms with Gasteiger partial charge in [0, 0.05) is 31.7 Å². The molecule has 1 fully saturated rings. The molecule has 1 aliphatic heterocycles. The number of aromatic nitrogens is 2. The Labute approximate surface area is 147 Å². The van der Waals surface area contributed by atoms with Crippen LogP contribution in [0.5, 0.6) is 5.75 Å². The summed E-state index contributed by atoms with van der Waals surface area (Å²) in [5.74, 6) is 0.979. The van der Waals surface area contributed by atoms with E-state index in [-0.39, 0.29) is 11.7 Å². The second-order valence-corrected chi connectivity index (χ2v) is 8.05. The number of sulfonamides is 1. The Morgan fingerprint density at radius 2 is 1.84 bits per heavy atom. The molecule has 1 aromatic carbocycles. The van der Waals surface area contributed by atoms with E-state index in [9.17, 15) is 13.5 Å². The molecule has 2 heterocycles. The number of aromatic hydroxyl groups is 1. The lowest BCUT2D eigenvalue weighted by Gasteiger charge is -2.35. The van der Waals surface area contributed by atoms with Crippen molar-refractivity contribution in [3.63, 3.8) is 0 Å². The predicted molar refractivity (Wildman–Crippen MR) is 96.9 cm³/mol. The van der Waals surface area contributed by atoms with E-state index in [1.807, 2.05) is 17.9 Å². The van der Waals surface area contributed by atoms with Crippen molar-refractivity contribution in [1.82, 2.24) is 14.3 Å². The highest BCUT2D eigenvalue weighted by molar-refractivity contribution is 7.88. The highest BCUT2D eigenvalue weighted by atomic mass is 32.2. The van der Waals surface area contributed by atoms with E-state index in [2.05, 4.69) is 9.97 Å². The van der Waals surface area contributed by atoms with Crippen LogP contribution >= 0.6 is 0 Å². The van der Waals surface area contributed by atoms with E-state index in [0.29, 0.717) is 37.7 Å². The van der Waals surface area contributed by atoms with E-state index in [1.165, 1.54) is 10.6 Å². The molecular formula is C16H21N5O3S. The lowest BCUT2D eigenvalue weighted by Crippen LogP contribution is -2.48. The predicted octanol–water partition coefficient (Wildman–Crippen LogP) is 0.821. The number of rotatable bonds is 3. The van der Waals surface area contributed by atoms with Crippen LogP contribution in [0, 0.1) is 6.92 Å². The van der Waals surface area contributed by atoms with Crippen molar-refractivity contribution in [2.75, 3.05) is 43.1 Å². The molecule has 0 aliphatic carbocycles. The van der Waals surface area contributed by atoms with Crippen molar-refractivity contribution in [3.8, 4) is 16.9 Å². The van der Waals surface area contributed by atoms with E-state index >= 15 is 0 Å². The van der Waals surface area contributed by atoms with Crippen LogP contribution in [-0.4, -0.2) is 60.2 Å². The topological polar surface area (TPSA) is 113 Å². The molecule has 0 unspecified atom stereocenters. The van der Waals surface area contributed by atoms with Gasteiger partial charge in [0.05, 0.1) is 11.9 Å². The molecule has 9 heteroatoms. The molecular weight excluding hydrogens is 342 g/mol. The second kappa shape index (κ2) is 6.49. The Morgan fingerprint density at radius 3 is 2.44 bits per heavy atom. The number of piperazine rings is 1. The van der Waals surface area contributed by atoms with Crippen molar-refractivity contribution in [2.45, 2.75) is 6.92 Å². The summed E-state index contributed by atoms with van der Waals surface area (Å²) < 4.78 is 24.8. The number of phenols is 1. The number of phenolic OH excluding ortho intramolecular Hbond substituents is 1. The zero-order chi connectivity index (χ0) is 18.2. The van der Waals surface area contributed by atoms with Gasteiger partial charge in [0.1, 0.15) is 11.6 Å². The summed E-state index contributed by atoms with van der Waals surface area (Å²) in [7, 11) is -3.20. The maximum Gasteiger partial charge on any atom is 0.222 e. The van der Waals surface area contributed by atoms with Crippen molar-refractivity contribution in [1.29, 1.82) is 0 Å². The first-order valence-corrected chi connectivity index (χ1v) is 9.74. The van der Waals surface area contributed by atoms with Gasteiger partial charge < -0.3 is 15.7 Å². The average molecular weight is 363 g/mol. The van der Waals surface area contributed by atoms with Gasteiger partial charge in [0.25, 0.3) is 0 Å². The summed E-state index contributed by atoms with van der Waals surface area (Å²) in [6, 6.07) is 6.88. The average Bonchev–Trinajstić information content (AvgIpc) is 2.53. The van der Waals surface area contributed by atoms with Crippen molar-refractivity contribution >= 4 is 21.8 Å². The summed E-state index contributed by atoms with van der Waals surface area (Å²) in [6.07, 6.45) is 1.22. The van der Waals surface area contributed by atoms with E-state index in [0.717, 1.165) is 11.1 Å². The number of nitrogens with two attached hydrogens (primary N) is 1. The van der Waals surface area contributed by atoms with Gasteiger partial charge >= 0.3 is 0 Å². The molecule has 8 nitrogen and oxygen atoms in total. The van der Waals surface area contributed by atoms with Crippen LogP contribution in [0.15, 0.2) is 24.3 Å². The third-order valence-electron chi connectivity index (χ3n) is 4.23. The summed E-state index contributed by atoms with van der Waals surface area (Å²) in [4.78, 5) is 10.6. The van der Waals surface area contributed by atoms with E-state index < -0.39 is 10.0 Å². The molecule has 2 aromatic rings. The fourth-order valence-corrected chi connectivity index (χ4v) is 3.87. The molecule has 0 saturated carbocycles. The third-order valence-corrected chi connectivity index (χ3v) is 5.53. The SMILES string of the molecule is Cc1nc(N)nc(N2CCN(S(C)(=O)=O)CC2)c1-c1cccc(O)c1. The molecule has 0 atom stereocenters.